The van der Waals surface area contributed by atoms with Crippen LogP contribution in [0.3, 0.4) is 0 Å². The van der Waals surface area contributed by atoms with Crippen LogP contribution in [-0.4, -0.2) is 5.54 Å². The molecule has 8 heteroatoms. The molecule has 0 bridgehead atoms. The summed E-state index contributed by atoms with van der Waals surface area (Å²) in [5.74, 6) is 0.605. The summed E-state index contributed by atoms with van der Waals surface area (Å²) in [5.41, 5.74) is 1.57. The minimum absolute atomic E-state index is 0.302. The molecule has 0 amide bonds. The Hall–Kier alpha value is -1.58. The van der Waals surface area contributed by atoms with Gasteiger partial charge in [-0.2, -0.15) is 4.31 Å². The van der Waals surface area contributed by atoms with Crippen LogP contribution >= 0.6 is 16.0 Å². The van der Waals surface area contributed by atoms with E-state index in [0.717, 1.165) is 11.1 Å². The van der Waals surface area contributed by atoms with Crippen LogP contribution in [0.15, 0.2) is 48.5 Å². The van der Waals surface area contributed by atoms with Crippen molar-refractivity contribution in [3.05, 3.63) is 59.7 Å². The first-order valence-electron chi connectivity index (χ1n) is 8.19. The summed E-state index contributed by atoms with van der Waals surface area (Å²) in [6.45, 7) is 9.33. The monoisotopic (exact) mass is 397 g/mol. The van der Waals surface area contributed by atoms with E-state index in [1.54, 1.807) is 24.3 Å². The van der Waals surface area contributed by atoms with Crippen LogP contribution in [0.25, 0.3) is 0 Å². The van der Waals surface area contributed by atoms with Gasteiger partial charge in [0.05, 0.1) is 0 Å². The normalized spacial score (nSPS) is 13.3. The van der Waals surface area contributed by atoms with Crippen molar-refractivity contribution < 1.29 is 22.5 Å². The molecule has 2 aromatic carbocycles. The second-order valence-electron chi connectivity index (χ2n) is 7.01. The molecule has 26 heavy (non-hydrogen) atoms. The van der Waals surface area contributed by atoms with Crippen molar-refractivity contribution in [3.63, 3.8) is 0 Å². The molecular weight excluding hydrogens is 372 g/mol. The molecule has 0 heterocycles. The molecule has 0 aliphatic heterocycles. The lowest BCUT2D eigenvalue weighted by Gasteiger charge is -2.23. The number of phosphoric ester groups is 1. The number of nitrogens with one attached hydrogen (secondary N) is 1. The summed E-state index contributed by atoms with van der Waals surface area (Å²) in [7, 11) is -7.04. The lowest BCUT2D eigenvalue weighted by molar-refractivity contribution is 0.298. The molecule has 0 radical (unpaired) electrons. The highest BCUT2D eigenvalue weighted by Crippen LogP contribution is 2.55. The predicted molar refractivity (Wildman–Crippen MR) is 104 cm³/mol. The quantitative estimate of drug-likeness (QED) is 0.608. The standard InChI is InChI=1S/C18H25NO5P2/c1-14-6-10-16(11-7-14)22-26(21,24-25(20)19-18(3,4)5)23-17-12-8-15(2)9-13-17/h6-13,25H,1-5H3,(H,19,20). The summed E-state index contributed by atoms with van der Waals surface area (Å²) >= 11 is 0. The van der Waals surface area contributed by atoms with Crippen LogP contribution in [0.4, 0.5) is 0 Å². The third kappa shape index (κ3) is 6.97. The van der Waals surface area contributed by atoms with E-state index in [1.807, 2.05) is 58.9 Å². The van der Waals surface area contributed by atoms with Crippen molar-refractivity contribution in [2.45, 2.75) is 40.2 Å². The third-order valence-electron chi connectivity index (χ3n) is 3.15. The van der Waals surface area contributed by atoms with Gasteiger partial charge < -0.3 is 9.05 Å². The highest BCUT2D eigenvalue weighted by Gasteiger charge is 2.34. The van der Waals surface area contributed by atoms with Crippen LogP contribution in [0.2, 0.25) is 0 Å². The van der Waals surface area contributed by atoms with Crippen LogP contribution in [0.5, 0.6) is 11.5 Å². The van der Waals surface area contributed by atoms with Gasteiger partial charge in [0.15, 0.2) is 0 Å². The molecule has 2 rings (SSSR count). The van der Waals surface area contributed by atoms with Crippen molar-refractivity contribution in [1.82, 2.24) is 5.09 Å². The fourth-order valence-corrected chi connectivity index (χ4v) is 4.65. The zero-order chi connectivity index (χ0) is 19.4. The van der Waals surface area contributed by atoms with Crippen molar-refractivity contribution in [1.29, 1.82) is 0 Å². The van der Waals surface area contributed by atoms with E-state index in [4.69, 9.17) is 13.4 Å². The molecule has 2 aromatic rings. The Morgan fingerprint density at radius 1 is 0.846 bits per heavy atom. The van der Waals surface area contributed by atoms with E-state index in [-0.39, 0.29) is 0 Å². The average Bonchev–Trinajstić information content (AvgIpc) is 2.50. The molecule has 1 unspecified atom stereocenters. The first kappa shape index (κ1) is 20.7. The molecule has 0 aliphatic carbocycles. The maximum absolute atomic E-state index is 13.1. The predicted octanol–water partition coefficient (Wildman–Crippen LogP) is 5.66. The smallest absolute Gasteiger partial charge is 0.395 e. The SMILES string of the molecule is Cc1ccc(OP(=O)(Oc2ccc(C)cc2)O[PH](=O)NC(C)(C)C)cc1. The lowest BCUT2D eigenvalue weighted by atomic mass is 10.1. The van der Waals surface area contributed by atoms with Crippen molar-refractivity contribution >= 4 is 16.0 Å². The highest BCUT2D eigenvalue weighted by atomic mass is 31.2. The van der Waals surface area contributed by atoms with Crippen LogP contribution < -0.4 is 14.1 Å². The number of hydrogen-bond donors (Lipinski definition) is 1. The Balaban J connectivity index is 2.23. The second-order valence-corrected chi connectivity index (χ2v) is 9.82. The fourth-order valence-electron chi connectivity index (χ4n) is 1.94. The summed E-state index contributed by atoms with van der Waals surface area (Å²) in [6, 6.07) is 13.8. The van der Waals surface area contributed by atoms with E-state index < -0.39 is 21.5 Å². The van der Waals surface area contributed by atoms with Crippen molar-refractivity contribution in [3.8, 4) is 11.5 Å². The zero-order valence-corrected chi connectivity index (χ0v) is 17.5. The van der Waals surface area contributed by atoms with E-state index in [0.29, 0.717) is 11.5 Å². The summed E-state index contributed by atoms with van der Waals surface area (Å²) < 4.78 is 41.6. The molecule has 0 fully saturated rings. The molecule has 0 aromatic heterocycles. The number of rotatable bonds is 7. The lowest BCUT2D eigenvalue weighted by Crippen LogP contribution is -2.30. The fraction of sp³-hybridized carbons (Fsp3) is 0.333. The Bertz CT molecular complexity index is 746. The van der Waals surface area contributed by atoms with Gasteiger partial charge in [-0.05, 0) is 58.9 Å². The Kier molecular flexibility index (Phi) is 6.70. The molecule has 0 spiro atoms. The van der Waals surface area contributed by atoms with Gasteiger partial charge in [0.1, 0.15) is 11.5 Å². The Morgan fingerprint density at radius 2 is 1.23 bits per heavy atom. The van der Waals surface area contributed by atoms with Crippen molar-refractivity contribution in [2.24, 2.45) is 0 Å². The maximum atomic E-state index is 13.1. The van der Waals surface area contributed by atoms with Crippen LogP contribution in [-0.2, 0) is 13.4 Å². The minimum Gasteiger partial charge on any atom is -0.395 e. The molecule has 142 valence electrons. The zero-order valence-electron chi connectivity index (χ0n) is 15.6. The summed E-state index contributed by atoms with van der Waals surface area (Å²) in [6.07, 6.45) is 0. The van der Waals surface area contributed by atoms with E-state index in [1.165, 1.54) is 0 Å². The van der Waals surface area contributed by atoms with Gasteiger partial charge >= 0.3 is 7.82 Å². The number of aryl methyl sites for hydroxylation is 2. The molecule has 0 saturated carbocycles. The topological polar surface area (TPSA) is 73.9 Å². The number of hydrogen-bond acceptors (Lipinski definition) is 5. The molecule has 0 aliphatic rings. The van der Waals surface area contributed by atoms with E-state index >= 15 is 0 Å². The summed E-state index contributed by atoms with van der Waals surface area (Å²) in [4.78, 5) is 0. The average molecular weight is 397 g/mol. The highest BCUT2D eigenvalue weighted by molar-refractivity contribution is 7.58. The Labute approximate surface area is 155 Å². The minimum atomic E-state index is -4.17. The van der Waals surface area contributed by atoms with E-state index in [9.17, 15) is 9.13 Å². The van der Waals surface area contributed by atoms with Gasteiger partial charge in [-0.15, -0.1) is 0 Å². The molecule has 1 atom stereocenters. The molecular formula is C18H25NO5P2. The van der Waals surface area contributed by atoms with Gasteiger partial charge in [-0.1, -0.05) is 35.4 Å². The molecule has 0 saturated heterocycles. The summed E-state index contributed by atoms with van der Waals surface area (Å²) in [5, 5.41) is 2.76. The second kappa shape index (κ2) is 8.41. The first-order chi connectivity index (χ1) is 12.0. The first-order valence-corrected chi connectivity index (χ1v) is 11.0. The largest absolute Gasteiger partial charge is 0.594 e. The van der Waals surface area contributed by atoms with Gasteiger partial charge in [0.2, 0.25) is 0 Å². The third-order valence-corrected chi connectivity index (χ3v) is 6.53. The molecule has 6 nitrogen and oxygen atoms in total. The number of benzene rings is 2. The van der Waals surface area contributed by atoms with Gasteiger partial charge in [0, 0.05) is 5.54 Å². The number of phosphoric acid groups is 1. The van der Waals surface area contributed by atoms with Gasteiger partial charge in [-0.3, -0.25) is 4.57 Å². The van der Waals surface area contributed by atoms with Crippen LogP contribution in [0, 0.1) is 13.8 Å². The van der Waals surface area contributed by atoms with E-state index in [2.05, 4.69) is 5.09 Å². The Morgan fingerprint density at radius 3 is 1.58 bits per heavy atom. The molecule has 1 N–H and O–H groups in total. The van der Waals surface area contributed by atoms with Crippen LogP contribution in [0.1, 0.15) is 31.9 Å². The van der Waals surface area contributed by atoms with Gasteiger partial charge in [0.25, 0.3) is 8.18 Å². The maximum Gasteiger partial charge on any atom is 0.594 e. The van der Waals surface area contributed by atoms with Crippen molar-refractivity contribution in [2.75, 3.05) is 0 Å². The van der Waals surface area contributed by atoms with Gasteiger partial charge in [-0.25, -0.2) is 9.65 Å².